The zero-order chi connectivity index (χ0) is 14.9. The van der Waals surface area contributed by atoms with Gasteiger partial charge in [0.2, 0.25) is 0 Å². The molecule has 1 aliphatic rings. The lowest BCUT2D eigenvalue weighted by Gasteiger charge is -2.36. The molecule has 0 aromatic heterocycles. The first kappa shape index (κ1) is 16.1. The van der Waals surface area contributed by atoms with Gasteiger partial charge in [-0.3, -0.25) is 0 Å². The van der Waals surface area contributed by atoms with Gasteiger partial charge in [-0.15, -0.1) is 0 Å². The third-order valence-corrected chi connectivity index (χ3v) is 7.38. The van der Waals surface area contributed by atoms with Gasteiger partial charge in [-0.2, -0.15) is 23.5 Å². The maximum atomic E-state index is 14.3. The summed E-state index contributed by atoms with van der Waals surface area (Å²) in [7, 11) is 1.78. The summed E-state index contributed by atoms with van der Waals surface area (Å²) in [6.45, 7) is 6.07. The number of rotatable bonds is 3. The average Bonchev–Trinajstić information content (AvgIpc) is 2.42. The van der Waals surface area contributed by atoms with Crippen LogP contribution in [-0.2, 0) is 0 Å². The van der Waals surface area contributed by atoms with Gasteiger partial charge in [0.1, 0.15) is 11.6 Å². The second-order valence-electron chi connectivity index (χ2n) is 5.28. The molecule has 1 aromatic carbocycles. The molecule has 0 bridgehead atoms. The zero-order valence-corrected chi connectivity index (χ0v) is 13.9. The van der Waals surface area contributed by atoms with Gasteiger partial charge in [0.05, 0.1) is 6.04 Å². The number of benzene rings is 1. The van der Waals surface area contributed by atoms with Crippen molar-refractivity contribution in [2.24, 2.45) is 0 Å². The van der Waals surface area contributed by atoms with Gasteiger partial charge in [-0.25, -0.2) is 8.78 Å². The van der Waals surface area contributed by atoms with Crippen LogP contribution in [0, 0.1) is 18.6 Å². The molecule has 1 heterocycles. The van der Waals surface area contributed by atoms with Crippen molar-refractivity contribution in [1.82, 2.24) is 5.32 Å². The number of hydrogen-bond acceptors (Lipinski definition) is 3. The Kier molecular flexibility index (Phi) is 5.37. The molecule has 1 nitrogen and oxygen atoms in total. The summed E-state index contributed by atoms with van der Waals surface area (Å²) >= 11 is 3.71. The molecule has 0 radical (unpaired) electrons. The predicted octanol–water partition coefficient (Wildman–Crippen LogP) is 4.16. The fraction of sp³-hybridized carbons (Fsp3) is 0.600. The summed E-state index contributed by atoms with van der Waals surface area (Å²) in [6, 6.07) is 2.57. The van der Waals surface area contributed by atoms with Crippen molar-refractivity contribution in [1.29, 1.82) is 0 Å². The number of aryl methyl sites for hydroxylation is 1. The van der Waals surface area contributed by atoms with E-state index in [1.807, 2.05) is 23.5 Å². The van der Waals surface area contributed by atoms with Crippen LogP contribution in [0.4, 0.5) is 8.78 Å². The zero-order valence-electron chi connectivity index (χ0n) is 12.2. The normalized spacial score (nSPS) is 28.4. The van der Waals surface area contributed by atoms with E-state index >= 15 is 0 Å². The second-order valence-corrected chi connectivity index (χ2v) is 8.31. The van der Waals surface area contributed by atoms with Crippen LogP contribution < -0.4 is 5.32 Å². The van der Waals surface area contributed by atoms with Crippen LogP contribution in [0.25, 0.3) is 0 Å². The molecule has 0 aliphatic carbocycles. The van der Waals surface area contributed by atoms with Crippen LogP contribution in [-0.4, -0.2) is 28.6 Å². The standard InChI is InChI=1S/C15H21F2NS2/c1-8-5-6-11(16)13(14(8)17)15(18-4)12-7-19-9(2)10(3)20-12/h5-6,9-10,12,15,18H,7H2,1-4H3. The van der Waals surface area contributed by atoms with E-state index in [4.69, 9.17) is 0 Å². The van der Waals surface area contributed by atoms with Crippen molar-refractivity contribution in [3.8, 4) is 0 Å². The lowest BCUT2D eigenvalue weighted by molar-refractivity contribution is 0.485. The van der Waals surface area contributed by atoms with Gasteiger partial charge in [0.25, 0.3) is 0 Å². The molecule has 1 N–H and O–H groups in total. The molecule has 1 fully saturated rings. The Morgan fingerprint density at radius 1 is 1.25 bits per heavy atom. The summed E-state index contributed by atoms with van der Waals surface area (Å²) in [5.74, 6) is 0.0414. The predicted molar refractivity (Wildman–Crippen MR) is 85.7 cm³/mol. The first-order chi connectivity index (χ1) is 9.45. The van der Waals surface area contributed by atoms with Crippen molar-refractivity contribution < 1.29 is 8.78 Å². The van der Waals surface area contributed by atoms with Gasteiger partial charge >= 0.3 is 0 Å². The van der Waals surface area contributed by atoms with E-state index in [2.05, 4.69) is 19.2 Å². The number of halogens is 2. The number of hydrogen-bond donors (Lipinski definition) is 1. The van der Waals surface area contributed by atoms with Gasteiger partial charge in [-0.1, -0.05) is 19.9 Å². The highest BCUT2D eigenvalue weighted by Crippen LogP contribution is 2.42. The minimum Gasteiger partial charge on any atom is -0.312 e. The van der Waals surface area contributed by atoms with Crippen LogP contribution in [0.5, 0.6) is 0 Å². The molecule has 4 unspecified atom stereocenters. The fourth-order valence-electron chi connectivity index (χ4n) is 2.46. The summed E-state index contributed by atoms with van der Waals surface area (Å²) in [5, 5.41) is 4.38. The van der Waals surface area contributed by atoms with E-state index in [-0.39, 0.29) is 16.9 Å². The maximum Gasteiger partial charge on any atom is 0.133 e. The SMILES string of the molecule is CNC(c1c(F)ccc(C)c1F)C1CSC(C)C(C)S1. The van der Waals surface area contributed by atoms with Crippen LogP contribution >= 0.6 is 23.5 Å². The van der Waals surface area contributed by atoms with E-state index in [0.717, 1.165) is 5.75 Å². The van der Waals surface area contributed by atoms with E-state index in [1.165, 1.54) is 12.1 Å². The highest BCUT2D eigenvalue weighted by Gasteiger charge is 2.34. The monoisotopic (exact) mass is 317 g/mol. The number of thioether (sulfide) groups is 2. The maximum absolute atomic E-state index is 14.3. The van der Waals surface area contributed by atoms with Crippen molar-refractivity contribution in [3.63, 3.8) is 0 Å². The molecule has 0 saturated carbocycles. The van der Waals surface area contributed by atoms with Crippen molar-refractivity contribution in [2.75, 3.05) is 12.8 Å². The Bertz CT molecular complexity index is 481. The van der Waals surface area contributed by atoms with Gasteiger partial charge in [0.15, 0.2) is 0 Å². The topological polar surface area (TPSA) is 12.0 Å². The minimum absolute atomic E-state index is 0.182. The van der Waals surface area contributed by atoms with E-state index < -0.39 is 11.6 Å². The molecular weight excluding hydrogens is 296 g/mol. The molecule has 1 aromatic rings. The Balaban J connectivity index is 2.31. The van der Waals surface area contributed by atoms with E-state index in [0.29, 0.717) is 16.1 Å². The van der Waals surface area contributed by atoms with Crippen molar-refractivity contribution in [3.05, 3.63) is 34.9 Å². The highest BCUT2D eigenvalue weighted by molar-refractivity contribution is 8.07. The lowest BCUT2D eigenvalue weighted by atomic mass is 10.0. The Morgan fingerprint density at radius 2 is 1.95 bits per heavy atom. The van der Waals surface area contributed by atoms with Gasteiger partial charge in [0, 0.05) is 27.1 Å². The Morgan fingerprint density at radius 3 is 2.55 bits per heavy atom. The Labute approximate surface area is 128 Å². The van der Waals surface area contributed by atoms with Crippen molar-refractivity contribution in [2.45, 2.75) is 42.6 Å². The molecule has 5 heteroatoms. The summed E-state index contributed by atoms with van der Waals surface area (Å²) in [4.78, 5) is 0. The smallest absolute Gasteiger partial charge is 0.133 e. The van der Waals surface area contributed by atoms with Crippen LogP contribution in [0.1, 0.15) is 31.0 Å². The largest absolute Gasteiger partial charge is 0.312 e. The first-order valence-electron chi connectivity index (χ1n) is 6.84. The molecule has 1 aliphatic heterocycles. The van der Waals surface area contributed by atoms with E-state index in [9.17, 15) is 8.78 Å². The molecule has 0 amide bonds. The summed E-state index contributed by atoms with van der Waals surface area (Å²) in [5.41, 5.74) is 0.684. The van der Waals surface area contributed by atoms with Crippen LogP contribution in [0.15, 0.2) is 12.1 Å². The molecule has 1 saturated heterocycles. The average molecular weight is 317 g/mol. The highest BCUT2D eigenvalue weighted by atomic mass is 32.2. The quantitative estimate of drug-likeness (QED) is 0.899. The third kappa shape index (κ3) is 3.15. The van der Waals surface area contributed by atoms with Crippen LogP contribution in [0.3, 0.4) is 0 Å². The third-order valence-electron chi connectivity index (χ3n) is 3.89. The van der Waals surface area contributed by atoms with Crippen LogP contribution in [0.2, 0.25) is 0 Å². The minimum atomic E-state index is -0.454. The molecule has 4 atom stereocenters. The summed E-state index contributed by atoms with van der Waals surface area (Å²) in [6.07, 6.45) is 0. The first-order valence-corrected chi connectivity index (χ1v) is 8.83. The van der Waals surface area contributed by atoms with Gasteiger partial charge < -0.3 is 5.32 Å². The fourth-order valence-corrected chi connectivity index (χ4v) is 5.60. The van der Waals surface area contributed by atoms with Crippen molar-refractivity contribution >= 4 is 23.5 Å². The number of nitrogens with one attached hydrogen (secondary N) is 1. The molecular formula is C15H21F2NS2. The molecule has 0 spiro atoms. The van der Waals surface area contributed by atoms with Gasteiger partial charge in [-0.05, 0) is 25.6 Å². The van der Waals surface area contributed by atoms with E-state index in [1.54, 1.807) is 14.0 Å². The lowest BCUT2D eigenvalue weighted by Crippen LogP contribution is -2.36. The molecule has 2 rings (SSSR count). The molecule has 112 valence electrons. The Hall–Kier alpha value is -0.260. The molecule has 20 heavy (non-hydrogen) atoms. The summed E-state index contributed by atoms with van der Waals surface area (Å²) < 4.78 is 28.4. The second kappa shape index (κ2) is 6.67.